The average Bonchev–Trinajstić information content (AvgIpc) is 2.61. The minimum absolute atomic E-state index is 0.574. The van der Waals surface area contributed by atoms with Crippen LogP contribution in [0.2, 0.25) is 0 Å². The van der Waals surface area contributed by atoms with E-state index in [1.54, 1.807) is 17.7 Å². The fraction of sp³-hybridized carbons (Fsp3) is 0.400. The highest BCUT2D eigenvalue weighted by molar-refractivity contribution is 7.17. The molecule has 1 aliphatic heterocycles. The van der Waals surface area contributed by atoms with Gasteiger partial charge >= 0.3 is 0 Å². The van der Waals surface area contributed by atoms with Gasteiger partial charge in [0.05, 0.1) is 16.3 Å². The van der Waals surface area contributed by atoms with Gasteiger partial charge in [-0.1, -0.05) is 0 Å². The van der Waals surface area contributed by atoms with Crippen molar-refractivity contribution in [3.05, 3.63) is 17.8 Å². The van der Waals surface area contributed by atoms with Gasteiger partial charge in [0.25, 0.3) is 0 Å². The lowest BCUT2D eigenvalue weighted by Gasteiger charge is -2.36. The molecule has 0 aromatic carbocycles. The van der Waals surface area contributed by atoms with Gasteiger partial charge in [-0.25, -0.2) is 9.97 Å². The normalized spacial score (nSPS) is 16.6. The van der Waals surface area contributed by atoms with Crippen molar-refractivity contribution >= 4 is 27.4 Å². The summed E-state index contributed by atoms with van der Waals surface area (Å²) in [7, 11) is 2.10. The molecule has 4 nitrogen and oxygen atoms in total. The molecule has 0 radical (unpaired) electrons. The molecular weight excluding hydrogens is 208 g/mol. The highest BCUT2D eigenvalue weighted by Crippen LogP contribution is 2.28. The van der Waals surface area contributed by atoms with E-state index in [0.717, 1.165) is 24.4 Å². The van der Waals surface area contributed by atoms with Crippen molar-refractivity contribution in [2.24, 2.45) is 0 Å². The average molecular weight is 220 g/mol. The molecule has 0 bridgehead atoms. The predicted molar refractivity (Wildman–Crippen MR) is 62.5 cm³/mol. The first-order valence-electron chi connectivity index (χ1n) is 4.98. The maximum atomic E-state index is 4.38. The Hall–Kier alpha value is -1.20. The van der Waals surface area contributed by atoms with Gasteiger partial charge in [0.15, 0.2) is 0 Å². The van der Waals surface area contributed by atoms with E-state index in [0.29, 0.717) is 6.04 Å². The zero-order chi connectivity index (χ0) is 10.3. The van der Waals surface area contributed by atoms with Gasteiger partial charge in [-0.3, -0.25) is 0 Å². The van der Waals surface area contributed by atoms with Crippen LogP contribution in [-0.4, -0.2) is 36.1 Å². The van der Waals surface area contributed by atoms with Gasteiger partial charge in [-0.15, -0.1) is 11.3 Å². The summed E-state index contributed by atoms with van der Waals surface area (Å²) in [5.74, 6) is 1.06. The number of hydrogen-bond acceptors (Lipinski definition) is 5. The SMILES string of the molecule is CN(c1ncnc2ccsc12)C1CNC1. The van der Waals surface area contributed by atoms with Crippen LogP contribution in [0.25, 0.3) is 10.2 Å². The summed E-state index contributed by atoms with van der Waals surface area (Å²) in [6.45, 7) is 2.10. The lowest BCUT2D eigenvalue weighted by Crippen LogP contribution is -2.56. The van der Waals surface area contributed by atoms with Crippen LogP contribution in [0.4, 0.5) is 5.82 Å². The Balaban J connectivity index is 2.05. The fourth-order valence-corrected chi connectivity index (χ4v) is 2.62. The molecule has 1 aliphatic rings. The van der Waals surface area contributed by atoms with Crippen LogP contribution < -0.4 is 10.2 Å². The number of thiophene rings is 1. The lowest BCUT2D eigenvalue weighted by atomic mass is 10.1. The molecular formula is C10H12N4S. The molecule has 15 heavy (non-hydrogen) atoms. The standard InChI is InChI=1S/C10H12N4S/c1-14(7-4-11-5-7)10-9-8(2-3-15-9)12-6-13-10/h2-3,6-7,11H,4-5H2,1H3. The van der Waals surface area contributed by atoms with Gasteiger partial charge < -0.3 is 10.2 Å². The number of nitrogens with zero attached hydrogens (tertiary/aromatic N) is 3. The van der Waals surface area contributed by atoms with Crippen molar-refractivity contribution in [2.75, 3.05) is 25.0 Å². The van der Waals surface area contributed by atoms with Gasteiger partial charge in [0.2, 0.25) is 0 Å². The van der Waals surface area contributed by atoms with Crippen LogP contribution in [0.1, 0.15) is 0 Å². The number of rotatable bonds is 2. The molecule has 0 atom stereocenters. The first-order chi connectivity index (χ1) is 7.36. The molecule has 1 fully saturated rings. The molecule has 3 heterocycles. The number of nitrogens with one attached hydrogen (secondary N) is 1. The van der Waals surface area contributed by atoms with Crippen molar-refractivity contribution in [2.45, 2.75) is 6.04 Å². The van der Waals surface area contributed by atoms with Crippen LogP contribution in [0.15, 0.2) is 17.8 Å². The van der Waals surface area contributed by atoms with Crippen LogP contribution in [-0.2, 0) is 0 Å². The molecule has 2 aromatic rings. The molecule has 1 N–H and O–H groups in total. The number of likely N-dealkylation sites (N-methyl/N-ethyl adjacent to an activating group) is 1. The molecule has 5 heteroatoms. The topological polar surface area (TPSA) is 41.1 Å². The Morgan fingerprint density at radius 1 is 1.47 bits per heavy atom. The molecule has 0 spiro atoms. The smallest absolute Gasteiger partial charge is 0.150 e. The summed E-state index contributed by atoms with van der Waals surface area (Å²) in [5.41, 5.74) is 1.05. The molecule has 0 saturated carbocycles. The van der Waals surface area contributed by atoms with E-state index >= 15 is 0 Å². The van der Waals surface area contributed by atoms with Crippen LogP contribution in [0.5, 0.6) is 0 Å². The third kappa shape index (κ3) is 1.39. The van der Waals surface area contributed by atoms with Crippen molar-refractivity contribution < 1.29 is 0 Å². The number of fused-ring (bicyclic) bond motifs is 1. The lowest BCUT2D eigenvalue weighted by molar-refractivity contribution is 0.427. The second kappa shape index (κ2) is 3.43. The van der Waals surface area contributed by atoms with Crippen molar-refractivity contribution in [1.82, 2.24) is 15.3 Å². The Kier molecular flexibility index (Phi) is 2.07. The maximum absolute atomic E-state index is 4.38. The Bertz CT molecular complexity index is 477. The Morgan fingerprint density at radius 3 is 3.07 bits per heavy atom. The van der Waals surface area contributed by atoms with Gasteiger partial charge in [-0.2, -0.15) is 0 Å². The van der Waals surface area contributed by atoms with E-state index < -0.39 is 0 Å². The third-order valence-corrected chi connectivity index (χ3v) is 3.77. The van der Waals surface area contributed by atoms with E-state index in [-0.39, 0.29) is 0 Å². The quantitative estimate of drug-likeness (QED) is 0.823. The minimum atomic E-state index is 0.574. The van der Waals surface area contributed by atoms with E-state index in [2.05, 4.69) is 32.6 Å². The van der Waals surface area contributed by atoms with Gasteiger partial charge in [-0.05, 0) is 11.4 Å². The van der Waals surface area contributed by atoms with E-state index in [1.165, 1.54) is 4.70 Å². The maximum Gasteiger partial charge on any atom is 0.150 e. The van der Waals surface area contributed by atoms with E-state index in [1.807, 2.05) is 6.07 Å². The van der Waals surface area contributed by atoms with Crippen molar-refractivity contribution in [3.63, 3.8) is 0 Å². The van der Waals surface area contributed by atoms with Gasteiger partial charge in [0.1, 0.15) is 12.1 Å². The molecule has 1 saturated heterocycles. The highest BCUT2D eigenvalue weighted by atomic mass is 32.1. The van der Waals surface area contributed by atoms with Gasteiger partial charge in [0, 0.05) is 20.1 Å². The van der Waals surface area contributed by atoms with Crippen LogP contribution in [0, 0.1) is 0 Å². The second-order valence-corrected chi connectivity index (χ2v) is 4.67. The number of anilines is 1. The predicted octanol–water partition coefficient (Wildman–Crippen LogP) is 1.10. The summed E-state index contributed by atoms with van der Waals surface area (Å²) >= 11 is 1.71. The molecule has 0 unspecified atom stereocenters. The first-order valence-corrected chi connectivity index (χ1v) is 5.86. The number of aromatic nitrogens is 2. The summed E-state index contributed by atoms with van der Waals surface area (Å²) in [4.78, 5) is 10.9. The summed E-state index contributed by atoms with van der Waals surface area (Å²) < 4.78 is 1.19. The molecule has 78 valence electrons. The zero-order valence-electron chi connectivity index (χ0n) is 8.47. The fourth-order valence-electron chi connectivity index (χ4n) is 1.75. The Morgan fingerprint density at radius 2 is 2.33 bits per heavy atom. The molecule has 0 aliphatic carbocycles. The minimum Gasteiger partial charge on any atom is -0.353 e. The van der Waals surface area contributed by atoms with E-state index in [9.17, 15) is 0 Å². The van der Waals surface area contributed by atoms with Crippen LogP contribution >= 0.6 is 11.3 Å². The monoisotopic (exact) mass is 220 g/mol. The molecule has 3 rings (SSSR count). The zero-order valence-corrected chi connectivity index (χ0v) is 9.29. The van der Waals surface area contributed by atoms with Crippen LogP contribution in [0.3, 0.4) is 0 Å². The Labute approximate surface area is 92.0 Å². The summed E-state index contributed by atoms with van der Waals surface area (Å²) in [5, 5.41) is 5.34. The second-order valence-electron chi connectivity index (χ2n) is 3.76. The van der Waals surface area contributed by atoms with Crippen molar-refractivity contribution in [3.8, 4) is 0 Å². The summed E-state index contributed by atoms with van der Waals surface area (Å²) in [6, 6.07) is 2.61. The molecule has 0 amide bonds. The third-order valence-electron chi connectivity index (χ3n) is 2.87. The largest absolute Gasteiger partial charge is 0.353 e. The summed E-state index contributed by atoms with van der Waals surface area (Å²) in [6.07, 6.45) is 1.65. The molecule has 2 aromatic heterocycles. The first kappa shape index (κ1) is 9.06. The van der Waals surface area contributed by atoms with Crippen molar-refractivity contribution in [1.29, 1.82) is 0 Å². The highest BCUT2D eigenvalue weighted by Gasteiger charge is 2.24. The number of hydrogen-bond donors (Lipinski definition) is 1. The van der Waals surface area contributed by atoms with E-state index in [4.69, 9.17) is 0 Å².